The van der Waals surface area contributed by atoms with Crippen molar-refractivity contribution >= 4 is 0 Å². The molecule has 1 heterocycles. The molecule has 1 N–H and O–H groups in total. The first kappa shape index (κ1) is 16.4. The molecule has 1 aromatic heterocycles. The lowest BCUT2D eigenvalue weighted by Crippen LogP contribution is -2.22. The normalized spacial score (nSPS) is 12.2. The van der Waals surface area contributed by atoms with Crippen LogP contribution in [0.25, 0.3) is 11.1 Å². The van der Waals surface area contributed by atoms with Crippen LogP contribution in [0.15, 0.2) is 67.0 Å². The second-order valence-corrected chi connectivity index (χ2v) is 5.58. The fourth-order valence-corrected chi connectivity index (χ4v) is 2.43. The summed E-state index contributed by atoms with van der Waals surface area (Å²) in [5.41, 5.74) is 2.55. The highest BCUT2D eigenvalue weighted by atomic mass is 19.1. The van der Waals surface area contributed by atoms with E-state index in [0.717, 1.165) is 11.1 Å². The van der Waals surface area contributed by atoms with E-state index in [9.17, 15) is 9.50 Å². The molecule has 0 saturated heterocycles. The van der Waals surface area contributed by atoms with Gasteiger partial charge >= 0.3 is 0 Å². The van der Waals surface area contributed by atoms with Gasteiger partial charge in [0.15, 0.2) is 0 Å². The Kier molecular flexibility index (Phi) is 5.36. The third kappa shape index (κ3) is 4.28. The summed E-state index contributed by atoms with van der Waals surface area (Å²) >= 11 is 0. The van der Waals surface area contributed by atoms with Crippen molar-refractivity contribution in [3.05, 3.63) is 78.4 Å². The van der Waals surface area contributed by atoms with Crippen LogP contribution in [-0.2, 0) is 17.9 Å². The molecule has 0 bridgehead atoms. The monoisotopic (exact) mass is 326 g/mol. The first-order valence-corrected chi connectivity index (χ1v) is 7.79. The molecule has 0 spiro atoms. The Morgan fingerprint density at radius 3 is 2.58 bits per heavy atom. The average Bonchev–Trinajstić information content (AvgIpc) is 3.06. The molecule has 1 atom stereocenters. The zero-order valence-corrected chi connectivity index (χ0v) is 13.2. The molecule has 3 aromatic rings. The molecule has 0 fully saturated rings. The molecule has 0 aliphatic heterocycles. The molecule has 2 aromatic carbocycles. The van der Waals surface area contributed by atoms with Gasteiger partial charge in [-0.15, -0.1) is 0 Å². The van der Waals surface area contributed by atoms with Gasteiger partial charge < -0.3 is 9.84 Å². The minimum Gasteiger partial charge on any atom is -0.389 e. The predicted molar refractivity (Wildman–Crippen MR) is 89.7 cm³/mol. The van der Waals surface area contributed by atoms with Crippen molar-refractivity contribution < 1.29 is 14.2 Å². The van der Waals surface area contributed by atoms with Crippen LogP contribution in [0.4, 0.5) is 4.39 Å². The predicted octanol–water partition coefficient (Wildman–Crippen LogP) is 3.27. The first-order chi connectivity index (χ1) is 11.7. The molecular formula is C19H19FN2O2. The van der Waals surface area contributed by atoms with E-state index in [0.29, 0.717) is 12.1 Å². The molecule has 0 saturated carbocycles. The Balaban J connectivity index is 1.50. The molecule has 0 aliphatic rings. The number of aromatic nitrogens is 2. The van der Waals surface area contributed by atoms with Crippen molar-refractivity contribution in [1.82, 2.24) is 9.78 Å². The second-order valence-electron chi connectivity index (χ2n) is 5.58. The van der Waals surface area contributed by atoms with Crippen LogP contribution >= 0.6 is 0 Å². The van der Waals surface area contributed by atoms with E-state index >= 15 is 0 Å². The molecule has 3 rings (SSSR count). The van der Waals surface area contributed by atoms with Gasteiger partial charge in [-0.1, -0.05) is 48.5 Å². The zero-order chi connectivity index (χ0) is 16.8. The van der Waals surface area contributed by atoms with Gasteiger partial charge in [-0.3, -0.25) is 4.68 Å². The Morgan fingerprint density at radius 2 is 1.79 bits per heavy atom. The van der Waals surface area contributed by atoms with Crippen LogP contribution in [-0.4, -0.2) is 27.6 Å². The van der Waals surface area contributed by atoms with E-state index in [1.165, 1.54) is 6.07 Å². The minimum atomic E-state index is -0.708. The Hall–Kier alpha value is -2.50. The summed E-state index contributed by atoms with van der Waals surface area (Å²) in [4.78, 5) is 0. The molecule has 0 radical (unpaired) electrons. The summed E-state index contributed by atoms with van der Waals surface area (Å²) in [6.45, 7) is 0.580. The summed E-state index contributed by atoms with van der Waals surface area (Å²) in [7, 11) is 0. The maximum absolute atomic E-state index is 13.5. The summed E-state index contributed by atoms with van der Waals surface area (Å²) in [5, 5.41) is 14.3. The fraction of sp³-hybridized carbons (Fsp3) is 0.211. The lowest BCUT2D eigenvalue weighted by Gasteiger charge is -2.11. The number of hydrogen-bond acceptors (Lipinski definition) is 3. The van der Waals surface area contributed by atoms with Crippen LogP contribution in [0, 0.1) is 5.82 Å². The summed E-state index contributed by atoms with van der Waals surface area (Å²) in [6, 6.07) is 16.4. The van der Waals surface area contributed by atoms with Gasteiger partial charge in [0.25, 0.3) is 0 Å². The van der Waals surface area contributed by atoms with Gasteiger partial charge in [0.2, 0.25) is 0 Å². The van der Waals surface area contributed by atoms with E-state index in [2.05, 4.69) is 5.10 Å². The van der Waals surface area contributed by atoms with Crippen molar-refractivity contribution in [3.8, 4) is 11.1 Å². The number of rotatable bonds is 7. The second kappa shape index (κ2) is 7.86. The number of ether oxygens (including phenoxy) is 1. The van der Waals surface area contributed by atoms with Gasteiger partial charge in [-0.25, -0.2) is 4.39 Å². The number of aliphatic hydroxyl groups excluding tert-OH is 1. The lowest BCUT2D eigenvalue weighted by atomic mass is 10.1. The van der Waals surface area contributed by atoms with Crippen molar-refractivity contribution in [1.29, 1.82) is 0 Å². The van der Waals surface area contributed by atoms with Gasteiger partial charge in [-0.2, -0.15) is 5.10 Å². The SMILES string of the molecule is OC(COCc1ccccc1F)Cn1cc(-c2ccccc2)cn1. The topological polar surface area (TPSA) is 47.3 Å². The first-order valence-electron chi connectivity index (χ1n) is 7.79. The Bertz CT molecular complexity index is 774. The summed E-state index contributed by atoms with van der Waals surface area (Å²) in [5.74, 6) is -0.299. The quantitative estimate of drug-likeness (QED) is 0.725. The number of halogens is 1. The van der Waals surface area contributed by atoms with Crippen LogP contribution in [0.1, 0.15) is 5.56 Å². The molecule has 124 valence electrons. The van der Waals surface area contributed by atoms with E-state index in [1.54, 1.807) is 29.1 Å². The third-order valence-electron chi connectivity index (χ3n) is 3.66. The lowest BCUT2D eigenvalue weighted by molar-refractivity contribution is 0.0178. The van der Waals surface area contributed by atoms with E-state index < -0.39 is 6.10 Å². The molecular weight excluding hydrogens is 307 g/mol. The zero-order valence-electron chi connectivity index (χ0n) is 13.2. The van der Waals surface area contributed by atoms with Crippen LogP contribution in [0.5, 0.6) is 0 Å². The number of hydrogen-bond donors (Lipinski definition) is 1. The summed E-state index contributed by atoms with van der Waals surface area (Å²) < 4.78 is 20.5. The molecule has 5 heteroatoms. The van der Waals surface area contributed by atoms with Gasteiger partial charge in [0.1, 0.15) is 5.82 Å². The molecule has 4 nitrogen and oxygen atoms in total. The third-order valence-corrected chi connectivity index (χ3v) is 3.66. The van der Waals surface area contributed by atoms with Crippen molar-refractivity contribution in [3.63, 3.8) is 0 Å². The fourth-order valence-electron chi connectivity index (χ4n) is 2.43. The number of nitrogens with zero attached hydrogens (tertiary/aromatic N) is 2. The largest absolute Gasteiger partial charge is 0.389 e. The number of benzene rings is 2. The average molecular weight is 326 g/mol. The molecule has 0 aliphatic carbocycles. The van der Waals surface area contributed by atoms with Gasteiger partial charge in [0.05, 0.1) is 32.1 Å². The smallest absolute Gasteiger partial charge is 0.128 e. The standard InChI is InChI=1S/C19H19FN2O2/c20-19-9-5-4-8-16(19)13-24-14-18(23)12-22-11-17(10-21-22)15-6-2-1-3-7-15/h1-11,18,23H,12-14H2. The van der Waals surface area contributed by atoms with Crippen LogP contribution in [0.3, 0.4) is 0 Å². The molecule has 0 amide bonds. The number of aliphatic hydroxyl groups is 1. The highest BCUT2D eigenvalue weighted by molar-refractivity contribution is 5.61. The Labute approximate surface area is 140 Å². The molecule has 24 heavy (non-hydrogen) atoms. The van der Waals surface area contributed by atoms with Crippen molar-refractivity contribution in [2.45, 2.75) is 19.3 Å². The maximum Gasteiger partial charge on any atom is 0.128 e. The van der Waals surface area contributed by atoms with Gasteiger partial charge in [0, 0.05) is 17.3 Å². The maximum atomic E-state index is 13.5. The van der Waals surface area contributed by atoms with Gasteiger partial charge in [-0.05, 0) is 11.6 Å². The summed E-state index contributed by atoms with van der Waals surface area (Å²) in [6.07, 6.45) is 2.94. The highest BCUT2D eigenvalue weighted by Gasteiger charge is 2.09. The van der Waals surface area contributed by atoms with Crippen molar-refractivity contribution in [2.24, 2.45) is 0 Å². The Morgan fingerprint density at radius 1 is 1.04 bits per heavy atom. The van der Waals surface area contributed by atoms with Crippen LogP contribution < -0.4 is 0 Å². The van der Waals surface area contributed by atoms with Crippen molar-refractivity contribution in [2.75, 3.05) is 6.61 Å². The highest BCUT2D eigenvalue weighted by Crippen LogP contribution is 2.17. The van der Waals surface area contributed by atoms with E-state index in [4.69, 9.17) is 4.74 Å². The molecule has 1 unspecified atom stereocenters. The van der Waals surface area contributed by atoms with E-state index in [1.807, 2.05) is 36.5 Å². The minimum absolute atomic E-state index is 0.120. The van der Waals surface area contributed by atoms with E-state index in [-0.39, 0.29) is 19.0 Å². The van der Waals surface area contributed by atoms with Crippen LogP contribution in [0.2, 0.25) is 0 Å².